The van der Waals surface area contributed by atoms with Crippen LogP contribution >= 0.6 is 0 Å². The molecule has 0 radical (unpaired) electrons. The summed E-state index contributed by atoms with van der Waals surface area (Å²) in [6, 6.07) is 0. The minimum atomic E-state index is 0.894. The molecule has 0 heterocycles. The molecular weight excluding hydrogens is 396 g/mol. The Morgan fingerprint density at radius 3 is 0.818 bits per heavy atom. The monoisotopic (exact) mass is 456 g/mol. The Kier molecular flexibility index (Phi) is 7.48. The molecule has 4 saturated carbocycles. The van der Waals surface area contributed by atoms with Gasteiger partial charge in [0.2, 0.25) is 0 Å². The van der Waals surface area contributed by atoms with Gasteiger partial charge in [0.25, 0.3) is 0 Å². The van der Waals surface area contributed by atoms with Crippen molar-refractivity contribution < 1.29 is 0 Å². The number of hydrogen-bond acceptors (Lipinski definition) is 0. The first-order valence-corrected chi connectivity index (χ1v) is 15.4. The van der Waals surface area contributed by atoms with Gasteiger partial charge in [-0.05, 0) is 119 Å². The quantitative estimate of drug-likeness (QED) is 0.395. The Labute approximate surface area is 208 Å². The second-order valence-corrected chi connectivity index (χ2v) is 14.9. The molecule has 33 heavy (non-hydrogen) atoms. The van der Waals surface area contributed by atoms with Gasteiger partial charge >= 0.3 is 0 Å². The molecule has 0 heteroatoms. The fraction of sp³-hybridized carbons (Fsp3) is 1.00. The zero-order chi connectivity index (χ0) is 24.5. The second-order valence-electron chi connectivity index (χ2n) is 14.9. The molecular formula is C33H60. The van der Waals surface area contributed by atoms with Gasteiger partial charge in [0.05, 0.1) is 0 Å². The summed E-state index contributed by atoms with van der Waals surface area (Å²) in [4.78, 5) is 0. The van der Waals surface area contributed by atoms with Crippen molar-refractivity contribution in [2.24, 2.45) is 107 Å². The number of hydrogen-bond donors (Lipinski definition) is 0. The second kappa shape index (κ2) is 9.47. The molecule has 18 atom stereocenters. The molecule has 4 fully saturated rings. The molecule has 0 N–H and O–H groups in total. The van der Waals surface area contributed by atoms with Gasteiger partial charge in [-0.15, -0.1) is 0 Å². The highest BCUT2D eigenvalue weighted by Crippen LogP contribution is 2.62. The molecule has 0 bridgehead atoms. The Balaban J connectivity index is 1.46. The SMILES string of the molecule is CC1C(C)C(C)C2C(CCCC3C(C)C(C)C4C(C)C(C)C(C)C(C)C34)C(C)C(C)C2C1C. The van der Waals surface area contributed by atoms with E-state index in [4.69, 9.17) is 0 Å². The van der Waals surface area contributed by atoms with Crippen molar-refractivity contribution in [3.63, 3.8) is 0 Å². The van der Waals surface area contributed by atoms with Crippen molar-refractivity contribution in [1.29, 1.82) is 0 Å². The molecule has 192 valence electrons. The van der Waals surface area contributed by atoms with Gasteiger partial charge in [-0.25, -0.2) is 0 Å². The standard InChI is InChI=1S/C33H60/c1-16-18(3)24(9)32-28(20(5)26(11)30(32)22(16)7)14-13-15-29-21(6)27(12)31-23(8)17(2)19(4)25(10)33(29)31/h16-33H,13-15H2,1-12H3. The van der Waals surface area contributed by atoms with E-state index in [0.29, 0.717) is 0 Å². The summed E-state index contributed by atoms with van der Waals surface area (Å²) in [7, 11) is 0. The van der Waals surface area contributed by atoms with E-state index in [1.54, 1.807) is 0 Å². The molecule has 0 aromatic rings. The lowest BCUT2D eigenvalue weighted by Crippen LogP contribution is -2.43. The first-order chi connectivity index (χ1) is 15.4. The lowest BCUT2D eigenvalue weighted by Gasteiger charge is -2.49. The third-order valence-corrected chi connectivity index (χ3v) is 14.6. The van der Waals surface area contributed by atoms with Crippen LogP contribution in [0.4, 0.5) is 0 Å². The van der Waals surface area contributed by atoms with Crippen LogP contribution in [-0.4, -0.2) is 0 Å². The van der Waals surface area contributed by atoms with E-state index < -0.39 is 0 Å². The zero-order valence-corrected chi connectivity index (χ0v) is 24.5. The summed E-state index contributed by atoms with van der Waals surface area (Å²) in [5.74, 6) is 16.8. The van der Waals surface area contributed by atoms with E-state index in [1.165, 1.54) is 19.3 Å². The minimum Gasteiger partial charge on any atom is -0.0620 e. The van der Waals surface area contributed by atoms with Crippen molar-refractivity contribution >= 4 is 0 Å². The van der Waals surface area contributed by atoms with Crippen LogP contribution in [-0.2, 0) is 0 Å². The van der Waals surface area contributed by atoms with E-state index in [9.17, 15) is 0 Å². The van der Waals surface area contributed by atoms with E-state index in [1.807, 2.05) is 0 Å². The van der Waals surface area contributed by atoms with E-state index >= 15 is 0 Å². The predicted molar refractivity (Wildman–Crippen MR) is 145 cm³/mol. The van der Waals surface area contributed by atoms with Crippen LogP contribution in [0.2, 0.25) is 0 Å². The highest BCUT2D eigenvalue weighted by molar-refractivity contribution is 5.04. The van der Waals surface area contributed by atoms with Crippen LogP contribution < -0.4 is 0 Å². The van der Waals surface area contributed by atoms with Crippen LogP contribution in [0.15, 0.2) is 0 Å². The normalized spacial score (nSPS) is 61.1. The molecule has 0 aliphatic heterocycles. The van der Waals surface area contributed by atoms with Gasteiger partial charge in [-0.2, -0.15) is 0 Å². The predicted octanol–water partition coefficient (Wildman–Crippen LogP) is 9.54. The Hall–Kier alpha value is 0. The van der Waals surface area contributed by atoms with Gasteiger partial charge in [-0.1, -0.05) is 89.5 Å². The fourth-order valence-electron chi connectivity index (χ4n) is 11.4. The lowest BCUT2D eigenvalue weighted by atomic mass is 9.56. The Bertz CT molecular complexity index is 609. The average Bonchev–Trinajstić information content (AvgIpc) is 3.19. The molecule has 0 aromatic carbocycles. The van der Waals surface area contributed by atoms with Gasteiger partial charge in [0, 0.05) is 0 Å². The van der Waals surface area contributed by atoms with Crippen molar-refractivity contribution in [1.82, 2.24) is 0 Å². The first kappa shape index (κ1) is 26.1. The summed E-state index contributed by atoms with van der Waals surface area (Å²) in [5.41, 5.74) is 0. The van der Waals surface area contributed by atoms with Crippen LogP contribution in [0, 0.1) is 107 Å². The third kappa shape index (κ3) is 3.89. The molecule has 0 aromatic heterocycles. The molecule has 4 aliphatic carbocycles. The fourth-order valence-corrected chi connectivity index (χ4v) is 11.4. The van der Waals surface area contributed by atoms with Gasteiger partial charge in [0.1, 0.15) is 0 Å². The Morgan fingerprint density at radius 2 is 0.515 bits per heavy atom. The summed E-state index contributed by atoms with van der Waals surface area (Å²) < 4.78 is 0. The van der Waals surface area contributed by atoms with E-state index in [2.05, 4.69) is 83.1 Å². The third-order valence-electron chi connectivity index (χ3n) is 14.6. The van der Waals surface area contributed by atoms with Gasteiger partial charge in [-0.3, -0.25) is 0 Å². The highest BCUT2D eigenvalue weighted by atomic mass is 14.6. The molecule has 18 unspecified atom stereocenters. The zero-order valence-electron chi connectivity index (χ0n) is 24.5. The van der Waals surface area contributed by atoms with Crippen molar-refractivity contribution in [2.45, 2.75) is 102 Å². The molecule has 0 spiro atoms. The average molecular weight is 457 g/mol. The summed E-state index contributed by atoms with van der Waals surface area (Å²) >= 11 is 0. The number of rotatable bonds is 4. The molecule has 0 nitrogen and oxygen atoms in total. The lowest BCUT2D eigenvalue weighted by molar-refractivity contribution is -0.00598. The summed E-state index contributed by atoms with van der Waals surface area (Å²) in [6.07, 6.45) is 4.51. The van der Waals surface area contributed by atoms with E-state index in [0.717, 1.165) is 107 Å². The van der Waals surface area contributed by atoms with Crippen LogP contribution in [0.1, 0.15) is 102 Å². The summed E-state index contributed by atoms with van der Waals surface area (Å²) in [5, 5.41) is 0. The van der Waals surface area contributed by atoms with Crippen LogP contribution in [0.5, 0.6) is 0 Å². The highest BCUT2D eigenvalue weighted by Gasteiger charge is 2.56. The maximum absolute atomic E-state index is 2.63. The molecule has 0 amide bonds. The maximum atomic E-state index is 2.63. The van der Waals surface area contributed by atoms with Crippen LogP contribution in [0.25, 0.3) is 0 Å². The smallest absolute Gasteiger partial charge is 0.0321 e. The summed E-state index contributed by atoms with van der Waals surface area (Å²) in [6.45, 7) is 31.2. The largest absolute Gasteiger partial charge is 0.0620 e. The van der Waals surface area contributed by atoms with Crippen molar-refractivity contribution in [3.8, 4) is 0 Å². The molecule has 4 rings (SSSR count). The van der Waals surface area contributed by atoms with Crippen molar-refractivity contribution in [3.05, 3.63) is 0 Å². The maximum Gasteiger partial charge on any atom is -0.0321 e. The van der Waals surface area contributed by atoms with Gasteiger partial charge < -0.3 is 0 Å². The minimum absolute atomic E-state index is 0.894. The Morgan fingerprint density at radius 1 is 0.273 bits per heavy atom. The topological polar surface area (TPSA) is 0 Å². The molecule has 0 saturated heterocycles. The van der Waals surface area contributed by atoms with Crippen LogP contribution in [0.3, 0.4) is 0 Å². The van der Waals surface area contributed by atoms with E-state index in [-0.39, 0.29) is 0 Å². The van der Waals surface area contributed by atoms with Gasteiger partial charge in [0.15, 0.2) is 0 Å². The first-order valence-electron chi connectivity index (χ1n) is 15.4. The number of fused-ring (bicyclic) bond motifs is 2. The molecule has 4 aliphatic rings. The van der Waals surface area contributed by atoms with Crippen molar-refractivity contribution in [2.75, 3.05) is 0 Å².